The lowest BCUT2D eigenvalue weighted by atomic mass is 9.83. The summed E-state index contributed by atoms with van der Waals surface area (Å²) in [6, 6.07) is 17.8. The fourth-order valence-electron chi connectivity index (χ4n) is 3.19. The second kappa shape index (κ2) is 7.51. The predicted octanol–water partition coefficient (Wildman–Crippen LogP) is 4.40. The summed E-state index contributed by atoms with van der Waals surface area (Å²) < 4.78 is 11.5. The Morgan fingerprint density at radius 2 is 1.44 bits per heavy atom. The summed E-state index contributed by atoms with van der Waals surface area (Å²) >= 11 is 0. The third-order valence-electron chi connectivity index (χ3n) is 4.66. The Kier molecular flexibility index (Phi) is 5.17. The molecule has 0 aliphatic heterocycles. The van der Waals surface area contributed by atoms with Gasteiger partial charge in [0.1, 0.15) is 11.7 Å². The minimum atomic E-state index is -0.810. The Morgan fingerprint density at radius 3 is 2.04 bits per heavy atom. The monoisotopic (exact) mass is 338 g/mol. The number of ether oxygens (including phenoxy) is 2. The Hall–Kier alpha value is -2.62. The molecular formula is C21H22O4. The molecule has 2 aromatic carbocycles. The Labute approximate surface area is 147 Å². The fourth-order valence-corrected chi connectivity index (χ4v) is 3.19. The Balaban J connectivity index is 1.73. The normalized spacial score (nSPS) is 22.8. The van der Waals surface area contributed by atoms with Crippen LogP contribution in [0.1, 0.15) is 53.3 Å². The van der Waals surface area contributed by atoms with Crippen molar-refractivity contribution < 1.29 is 19.1 Å². The molecule has 0 spiro atoms. The molecule has 130 valence electrons. The Bertz CT molecular complexity index is 726. The molecule has 2 atom stereocenters. The van der Waals surface area contributed by atoms with Crippen molar-refractivity contribution in [2.75, 3.05) is 0 Å². The second-order valence-corrected chi connectivity index (χ2v) is 6.57. The minimum Gasteiger partial charge on any atom is -0.455 e. The van der Waals surface area contributed by atoms with Gasteiger partial charge < -0.3 is 9.47 Å². The molecular weight excluding hydrogens is 316 g/mol. The van der Waals surface area contributed by atoms with Crippen LogP contribution in [-0.4, -0.2) is 23.6 Å². The van der Waals surface area contributed by atoms with Crippen molar-refractivity contribution in [2.24, 2.45) is 0 Å². The average Bonchev–Trinajstić information content (AvgIpc) is 2.65. The van der Waals surface area contributed by atoms with Crippen molar-refractivity contribution in [1.82, 2.24) is 0 Å². The van der Waals surface area contributed by atoms with Crippen LogP contribution < -0.4 is 0 Å². The predicted molar refractivity (Wildman–Crippen MR) is 94.4 cm³/mol. The first-order valence-electron chi connectivity index (χ1n) is 8.63. The van der Waals surface area contributed by atoms with E-state index >= 15 is 0 Å². The van der Waals surface area contributed by atoms with E-state index in [2.05, 4.69) is 0 Å². The van der Waals surface area contributed by atoms with Crippen molar-refractivity contribution in [3.8, 4) is 0 Å². The van der Waals surface area contributed by atoms with Crippen LogP contribution in [0.4, 0.5) is 0 Å². The van der Waals surface area contributed by atoms with E-state index in [0.29, 0.717) is 24.0 Å². The number of benzene rings is 2. The molecule has 0 amide bonds. The Morgan fingerprint density at radius 1 is 0.880 bits per heavy atom. The number of rotatable bonds is 4. The van der Waals surface area contributed by atoms with Crippen LogP contribution in [0.15, 0.2) is 60.7 Å². The van der Waals surface area contributed by atoms with Gasteiger partial charge in [-0.1, -0.05) is 36.4 Å². The molecule has 1 aliphatic carbocycles. The van der Waals surface area contributed by atoms with Gasteiger partial charge >= 0.3 is 11.9 Å². The van der Waals surface area contributed by atoms with Crippen LogP contribution in [-0.2, 0) is 9.47 Å². The van der Waals surface area contributed by atoms with Crippen LogP contribution in [0.2, 0.25) is 0 Å². The van der Waals surface area contributed by atoms with E-state index in [1.165, 1.54) is 0 Å². The van der Waals surface area contributed by atoms with E-state index < -0.39 is 11.7 Å². The van der Waals surface area contributed by atoms with Crippen molar-refractivity contribution in [2.45, 2.75) is 44.3 Å². The average molecular weight is 338 g/mol. The highest BCUT2D eigenvalue weighted by Crippen LogP contribution is 2.35. The molecule has 0 aromatic heterocycles. The van der Waals surface area contributed by atoms with Crippen LogP contribution in [0.5, 0.6) is 0 Å². The van der Waals surface area contributed by atoms with Gasteiger partial charge in [-0.05, 0) is 56.9 Å². The summed E-state index contributed by atoms with van der Waals surface area (Å²) in [5.41, 5.74) is 0.197. The first kappa shape index (κ1) is 17.2. The molecule has 0 radical (unpaired) electrons. The third-order valence-corrected chi connectivity index (χ3v) is 4.66. The van der Waals surface area contributed by atoms with Crippen molar-refractivity contribution in [1.29, 1.82) is 0 Å². The van der Waals surface area contributed by atoms with Crippen molar-refractivity contribution >= 4 is 11.9 Å². The minimum absolute atomic E-state index is 0.380. The molecule has 3 rings (SSSR count). The lowest BCUT2D eigenvalue weighted by molar-refractivity contribution is -0.106. The van der Waals surface area contributed by atoms with Gasteiger partial charge in [0.15, 0.2) is 0 Å². The van der Waals surface area contributed by atoms with Gasteiger partial charge in [-0.2, -0.15) is 0 Å². The zero-order chi connectivity index (χ0) is 17.7. The molecule has 25 heavy (non-hydrogen) atoms. The van der Waals surface area contributed by atoms with Crippen molar-refractivity contribution in [3.05, 3.63) is 71.8 Å². The molecule has 0 unspecified atom stereocenters. The number of esters is 2. The van der Waals surface area contributed by atoms with Gasteiger partial charge in [-0.3, -0.25) is 0 Å². The molecule has 0 N–H and O–H groups in total. The first-order valence-corrected chi connectivity index (χ1v) is 8.63. The molecule has 2 aromatic rings. The number of carbonyl (C=O) groups excluding carboxylic acids is 2. The topological polar surface area (TPSA) is 52.6 Å². The zero-order valence-electron chi connectivity index (χ0n) is 14.3. The summed E-state index contributed by atoms with van der Waals surface area (Å²) in [5.74, 6) is -0.764. The fraction of sp³-hybridized carbons (Fsp3) is 0.333. The SMILES string of the molecule is C[C@@]1(OC(=O)c2ccccc2)CCCC[C@@H]1OC(=O)c1ccccc1. The van der Waals surface area contributed by atoms with E-state index in [0.717, 1.165) is 12.8 Å². The standard InChI is InChI=1S/C21H22O4/c1-21(25-20(23)17-12-6-3-7-13-17)15-9-8-14-18(21)24-19(22)16-10-4-2-5-11-16/h2-7,10-13,18H,8-9,14-15H2,1H3/t18-,21+/m0/s1. The van der Waals surface area contributed by atoms with E-state index in [9.17, 15) is 9.59 Å². The number of hydrogen-bond donors (Lipinski definition) is 0. The maximum Gasteiger partial charge on any atom is 0.338 e. The highest BCUT2D eigenvalue weighted by molar-refractivity contribution is 5.90. The molecule has 1 fully saturated rings. The van der Waals surface area contributed by atoms with Gasteiger partial charge in [-0.25, -0.2) is 9.59 Å². The quantitative estimate of drug-likeness (QED) is 0.775. The summed E-state index contributed by atoms with van der Waals surface area (Å²) in [6.07, 6.45) is 2.82. The van der Waals surface area contributed by atoms with Crippen molar-refractivity contribution in [3.63, 3.8) is 0 Å². The van der Waals surface area contributed by atoms with Crippen LogP contribution in [0.25, 0.3) is 0 Å². The van der Waals surface area contributed by atoms with Gasteiger partial charge in [0, 0.05) is 0 Å². The highest BCUT2D eigenvalue weighted by Gasteiger charge is 2.43. The maximum absolute atomic E-state index is 12.5. The summed E-state index contributed by atoms with van der Waals surface area (Å²) in [4.78, 5) is 24.9. The second-order valence-electron chi connectivity index (χ2n) is 6.57. The maximum atomic E-state index is 12.5. The van der Waals surface area contributed by atoms with E-state index in [1.807, 2.05) is 19.1 Å². The van der Waals surface area contributed by atoms with E-state index in [-0.39, 0.29) is 11.9 Å². The molecule has 0 heterocycles. The van der Waals surface area contributed by atoms with E-state index in [4.69, 9.17) is 9.47 Å². The zero-order valence-corrected chi connectivity index (χ0v) is 14.3. The third kappa shape index (κ3) is 4.08. The molecule has 0 saturated heterocycles. The van der Waals surface area contributed by atoms with Crippen LogP contribution in [0, 0.1) is 0 Å². The van der Waals surface area contributed by atoms with Gasteiger partial charge in [0.25, 0.3) is 0 Å². The smallest absolute Gasteiger partial charge is 0.338 e. The van der Waals surface area contributed by atoms with Gasteiger partial charge in [0.2, 0.25) is 0 Å². The van der Waals surface area contributed by atoms with Crippen LogP contribution >= 0.6 is 0 Å². The van der Waals surface area contributed by atoms with Gasteiger partial charge in [0.05, 0.1) is 11.1 Å². The van der Waals surface area contributed by atoms with E-state index in [1.54, 1.807) is 48.5 Å². The molecule has 1 saturated carbocycles. The summed E-state index contributed by atoms with van der Waals surface area (Å²) in [6.45, 7) is 1.86. The molecule has 1 aliphatic rings. The van der Waals surface area contributed by atoms with Gasteiger partial charge in [-0.15, -0.1) is 0 Å². The largest absolute Gasteiger partial charge is 0.455 e. The lowest BCUT2D eigenvalue weighted by Gasteiger charge is -2.39. The summed E-state index contributed by atoms with van der Waals surface area (Å²) in [5, 5.41) is 0. The molecule has 4 nitrogen and oxygen atoms in total. The first-order chi connectivity index (χ1) is 12.1. The lowest BCUT2D eigenvalue weighted by Crippen LogP contribution is -2.48. The number of carbonyl (C=O) groups is 2. The summed E-state index contributed by atoms with van der Waals surface area (Å²) in [7, 11) is 0. The highest BCUT2D eigenvalue weighted by atomic mass is 16.6. The number of hydrogen-bond acceptors (Lipinski definition) is 4. The molecule has 0 bridgehead atoms. The molecule has 4 heteroatoms. The van der Waals surface area contributed by atoms with Crippen LogP contribution in [0.3, 0.4) is 0 Å².